The highest BCUT2D eigenvalue weighted by atomic mass is 79.9. The van der Waals surface area contributed by atoms with Crippen molar-refractivity contribution >= 4 is 26.7 Å². The highest BCUT2D eigenvalue weighted by Gasteiger charge is 2.12. The van der Waals surface area contributed by atoms with E-state index in [1.807, 2.05) is 24.3 Å². The number of phenolic OH excluding ortho intramolecular Hbond substituents is 1. The van der Waals surface area contributed by atoms with Gasteiger partial charge in [-0.05, 0) is 25.7 Å². The third-order valence-electron chi connectivity index (χ3n) is 3.78. The van der Waals surface area contributed by atoms with Crippen molar-refractivity contribution in [2.45, 2.75) is 37.4 Å². The average molecular weight is 367 g/mol. The lowest BCUT2D eigenvalue weighted by Crippen LogP contribution is -2.01. The first kappa shape index (κ1) is 16.9. The van der Waals surface area contributed by atoms with Gasteiger partial charge in [-0.2, -0.15) is 0 Å². The van der Waals surface area contributed by atoms with Gasteiger partial charge in [0.05, 0.1) is 13.7 Å². The minimum Gasteiger partial charge on any atom is -0.504 e. The summed E-state index contributed by atoms with van der Waals surface area (Å²) in [6.07, 6.45) is 4.47. The standard InChI is InChI=1S/C18H23BrO3/c1-3-13(19)8-6-7-11-22-16-12-17(21-2)18(20)15-10-5-4-9-14(15)16/h4-5,9-10,12-13,20H,3,6-8,11H2,1-2H3. The van der Waals surface area contributed by atoms with Crippen molar-refractivity contribution in [3.8, 4) is 17.2 Å². The smallest absolute Gasteiger partial charge is 0.165 e. The number of hydrogen-bond donors (Lipinski definition) is 1. The van der Waals surface area contributed by atoms with Gasteiger partial charge >= 0.3 is 0 Å². The van der Waals surface area contributed by atoms with E-state index in [2.05, 4.69) is 22.9 Å². The zero-order valence-corrected chi connectivity index (χ0v) is 14.7. The molecule has 0 saturated heterocycles. The average Bonchev–Trinajstić information content (AvgIpc) is 2.56. The van der Waals surface area contributed by atoms with Crippen LogP contribution in [-0.2, 0) is 0 Å². The summed E-state index contributed by atoms with van der Waals surface area (Å²) in [4.78, 5) is 0.599. The third-order valence-corrected chi connectivity index (χ3v) is 4.88. The second kappa shape index (κ2) is 8.28. The van der Waals surface area contributed by atoms with E-state index >= 15 is 0 Å². The Bertz CT molecular complexity index is 613. The molecule has 0 aliphatic rings. The number of hydrogen-bond acceptors (Lipinski definition) is 3. The fourth-order valence-corrected chi connectivity index (χ4v) is 2.76. The minimum atomic E-state index is 0.163. The van der Waals surface area contributed by atoms with Crippen molar-refractivity contribution < 1.29 is 14.6 Å². The summed E-state index contributed by atoms with van der Waals surface area (Å²) in [5.74, 6) is 1.37. The molecular weight excluding hydrogens is 344 g/mol. The number of unbranched alkanes of at least 4 members (excludes halogenated alkanes) is 1. The molecule has 0 aliphatic heterocycles. The molecule has 0 bridgehead atoms. The second-order valence-corrected chi connectivity index (χ2v) is 6.62. The van der Waals surface area contributed by atoms with Gasteiger partial charge < -0.3 is 14.6 Å². The lowest BCUT2D eigenvalue weighted by Gasteiger charge is -2.13. The summed E-state index contributed by atoms with van der Waals surface area (Å²) in [7, 11) is 1.55. The molecule has 0 heterocycles. The fraction of sp³-hybridized carbons (Fsp3) is 0.444. The quantitative estimate of drug-likeness (QED) is 0.510. The zero-order chi connectivity index (χ0) is 15.9. The molecule has 0 fully saturated rings. The van der Waals surface area contributed by atoms with Crippen LogP contribution in [-0.4, -0.2) is 23.7 Å². The van der Waals surface area contributed by atoms with Crippen LogP contribution >= 0.6 is 15.9 Å². The molecule has 3 nitrogen and oxygen atoms in total. The van der Waals surface area contributed by atoms with Crippen LogP contribution in [0.3, 0.4) is 0 Å². The molecule has 0 spiro atoms. The van der Waals surface area contributed by atoms with Crippen LogP contribution in [0.15, 0.2) is 30.3 Å². The molecule has 0 saturated carbocycles. The predicted octanol–water partition coefficient (Wildman–Crippen LogP) is 5.28. The first-order valence-electron chi connectivity index (χ1n) is 7.73. The maximum Gasteiger partial charge on any atom is 0.165 e. The molecule has 2 aromatic carbocycles. The van der Waals surface area contributed by atoms with Gasteiger partial charge in [0.25, 0.3) is 0 Å². The Morgan fingerprint density at radius 2 is 1.86 bits per heavy atom. The van der Waals surface area contributed by atoms with Crippen molar-refractivity contribution in [1.29, 1.82) is 0 Å². The van der Waals surface area contributed by atoms with E-state index in [1.54, 1.807) is 13.2 Å². The molecule has 2 aromatic rings. The topological polar surface area (TPSA) is 38.7 Å². The van der Waals surface area contributed by atoms with Crippen LogP contribution in [0.25, 0.3) is 10.8 Å². The zero-order valence-electron chi connectivity index (χ0n) is 13.1. The van der Waals surface area contributed by atoms with Crippen LogP contribution in [0.1, 0.15) is 32.6 Å². The first-order chi connectivity index (χ1) is 10.7. The van der Waals surface area contributed by atoms with E-state index in [1.165, 1.54) is 6.42 Å². The van der Waals surface area contributed by atoms with Gasteiger partial charge in [-0.1, -0.05) is 47.1 Å². The number of methoxy groups -OCH3 is 1. The number of benzene rings is 2. The largest absolute Gasteiger partial charge is 0.504 e. The number of rotatable bonds is 8. The lowest BCUT2D eigenvalue weighted by molar-refractivity contribution is 0.304. The van der Waals surface area contributed by atoms with Gasteiger partial charge in [-0.3, -0.25) is 0 Å². The van der Waals surface area contributed by atoms with Crippen LogP contribution in [0, 0.1) is 0 Å². The van der Waals surface area contributed by atoms with Gasteiger partial charge in [-0.25, -0.2) is 0 Å². The molecule has 1 unspecified atom stereocenters. The molecule has 22 heavy (non-hydrogen) atoms. The van der Waals surface area contributed by atoms with Crippen LogP contribution in [0.4, 0.5) is 0 Å². The molecule has 0 aromatic heterocycles. The van der Waals surface area contributed by atoms with E-state index in [0.29, 0.717) is 17.2 Å². The van der Waals surface area contributed by atoms with Gasteiger partial charge in [0, 0.05) is 21.7 Å². The van der Waals surface area contributed by atoms with Crippen molar-refractivity contribution in [3.63, 3.8) is 0 Å². The molecule has 1 N–H and O–H groups in total. The SMILES string of the molecule is CCC(Br)CCCCOc1cc(OC)c(O)c2ccccc12. The molecule has 4 heteroatoms. The van der Waals surface area contributed by atoms with Gasteiger partial charge in [-0.15, -0.1) is 0 Å². The Kier molecular flexibility index (Phi) is 6.37. The lowest BCUT2D eigenvalue weighted by atomic mass is 10.1. The number of halogens is 1. The number of ether oxygens (including phenoxy) is 2. The van der Waals surface area contributed by atoms with Crippen molar-refractivity contribution in [3.05, 3.63) is 30.3 Å². The molecule has 0 aliphatic carbocycles. The number of aromatic hydroxyl groups is 1. The monoisotopic (exact) mass is 366 g/mol. The Labute approximate surface area is 140 Å². The highest BCUT2D eigenvalue weighted by molar-refractivity contribution is 9.09. The Balaban J connectivity index is 2.06. The Hall–Kier alpha value is -1.42. The summed E-state index contributed by atoms with van der Waals surface area (Å²) in [5, 5.41) is 11.8. The van der Waals surface area contributed by atoms with Crippen LogP contribution < -0.4 is 9.47 Å². The van der Waals surface area contributed by atoms with Gasteiger partial charge in [0.1, 0.15) is 5.75 Å². The third kappa shape index (κ3) is 4.07. The maximum absolute atomic E-state index is 10.2. The van der Waals surface area contributed by atoms with Crippen molar-refractivity contribution in [2.75, 3.05) is 13.7 Å². The number of alkyl halides is 1. The summed E-state index contributed by atoms with van der Waals surface area (Å²) >= 11 is 3.65. The molecular formula is C18H23BrO3. The molecule has 0 radical (unpaired) electrons. The minimum absolute atomic E-state index is 0.163. The Morgan fingerprint density at radius 3 is 2.55 bits per heavy atom. The molecule has 0 amide bonds. The molecule has 2 rings (SSSR count). The van der Waals surface area contributed by atoms with E-state index in [-0.39, 0.29) is 5.75 Å². The van der Waals surface area contributed by atoms with Crippen molar-refractivity contribution in [2.24, 2.45) is 0 Å². The van der Waals surface area contributed by atoms with Crippen LogP contribution in [0.2, 0.25) is 0 Å². The van der Waals surface area contributed by atoms with E-state index < -0.39 is 0 Å². The summed E-state index contributed by atoms with van der Waals surface area (Å²) < 4.78 is 11.2. The van der Waals surface area contributed by atoms with E-state index in [0.717, 1.165) is 35.8 Å². The summed E-state index contributed by atoms with van der Waals surface area (Å²) in [5.41, 5.74) is 0. The normalized spacial score (nSPS) is 12.3. The number of fused-ring (bicyclic) bond motifs is 1. The van der Waals surface area contributed by atoms with E-state index in [4.69, 9.17) is 9.47 Å². The molecule has 1 atom stereocenters. The maximum atomic E-state index is 10.2. The van der Waals surface area contributed by atoms with E-state index in [9.17, 15) is 5.11 Å². The van der Waals surface area contributed by atoms with Gasteiger partial charge in [0.2, 0.25) is 0 Å². The number of phenols is 1. The fourth-order valence-electron chi connectivity index (χ4n) is 2.43. The summed E-state index contributed by atoms with van der Waals surface area (Å²) in [6.45, 7) is 2.85. The molecule has 120 valence electrons. The van der Waals surface area contributed by atoms with Crippen molar-refractivity contribution in [1.82, 2.24) is 0 Å². The first-order valence-corrected chi connectivity index (χ1v) is 8.64. The van der Waals surface area contributed by atoms with Gasteiger partial charge in [0.15, 0.2) is 11.5 Å². The summed E-state index contributed by atoms with van der Waals surface area (Å²) in [6, 6.07) is 9.42. The predicted molar refractivity (Wildman–Crippen MR) is 94.5 cm³/mol. The Morgan fingerprint density at radius 1 is 1.14 bits per heavy atom. The van der Waals surface area contributed by atoms with Crippen LogP contribution in [0.5, 0.6) is 17.2 Å². The highest BCUT2D eigenvalue weighted by Crippen LogP contribution is 2.40. The second-order valence-electron chi connectivity index (χ2n) is 5.32.